The maximum atomic E-state index is 6.10. The van der Waals surface area contributed by atoms with E-state index in [9.17, 15) is 0 Å². The van der Waals surface area contributed by atoms with Gasteiger partial charge in [-0.25, -0.2) is 0 Å². The van der Waals surface area contributed by atoms with Gasteiger partial charge >= 0.3 is 0 Å². The van der Waals surface area contributed by atoms with Gasteiger partial charge < -0.3 is 10.6 Å². The summed E-state index contributed by atoms with van der Waals surface area (Å²) >= 11 is 6.10. The van der Waals surface area contributed by atoms with Crippen LogP contribution < -0.4 is 10.6 Å². The molecule has 0 aliphatic carbocycles. The Morgan fingerprint density at radius 2 is 2.07 bits per heavy atom. The van der Waals surface area contributed by atoms with Crippen LogP contribution in [0.4, 0.5) is 5.69 Å². The molecule has 3 heteroatoms. The molecule has 1 aromatic carbocycles. The first-order valence-corrected chi connectivity index (χ1v) is 5.37. The average Bonchev–Trinajstić information content (AvgIpc) is 2.21. The largest absolute Gasteiger partial charge is 0.371 e. The summed E-state index contributed by atoms with van der Waals surface area (Å²) in [5.41, 5.74) is 6.59. The first-order chi connectivity index (χ1) is 6.79. The predicted octanol–water partition coefficient (Wildman–Crippen LogP) is 2.52. The van der Waals surface area contributed by atoms with Crippen molar-refractivity contribution in [3.63, 3.8) is 0 Å². The zero-order chi connectivity index (χ0) is 10.4. The van der Waals surface area contributed by atoms with E-state index in [2.05, 4.69) is 11.8 Å². The number of hydrogen-bond acceptors (Lipinski definition) is 2. The topological polar surface area (TPSA) is 29.3 Å². The van der Waals surface area contributed by atoms with Crippen LogP contribution in [-0.4, -0.2) is 19.6 Å². The Morgan fingerprint density at radius 1 is 1.36 bits per heavy atom. The molecule has 0 bridgehead atoms. The van der Waals surface area contributed by atoms with Gasteiger partial charge in [0.1, 0.15) is 0 Å². The van der Waals surface area contributed by atoms with E-state index in [4.69, 9.17) is 17.3 Å². The van der Waals surface area contributed by atoms with Crippen molar-refractivity contribution in [3.05, 3.63) is 29.3 Å². The SMILES string of the molecule is CCN(CCCN)c1ccccc1Cl. The van der Waals surface area contributed by atoms with Crippen molar-refractivity contribution in [2.24, 2.45) is 5.73 Å². The molecule has 0 heterocycles. The third-order valence-electron chi connectivity index (χ3n) is 2.21. The van der Waals surface area contributed by atoms with E-state index in [0.29, 0.717) is 0 Å². The lowest BCUT2D eigenvalue weighted by Gasteiger charge is -2.23. The van der Waals surface area contributed by atoms with Crippen LogP contribution >= 0.6 is 11.6 Å². The summed E-state index contributed by atoms with van der Waals surface area (Å²) in [5.74, 6) is 0. The molecule has 0 amide bonds. The minimum Gasteiger partial charge on any atom is -0.371 e. The van der Waals surface area contributed by atoms with E-state index in [1.54, 1.807) is 0 Å². The molecule has 0 spiro atoms. The molecule has 78 valence electrons. The van der Waals surface area contributed by atoms with E-state index in [1.165, 1.54) is 0 Å². The van der Waals surface area contributed by atoms with Crippen molar-refractivity contribution in [2.45, 2.75) is 13.3 Å². The van der Waals surface area contributed by atoms with E-state index in [0.717, 1.165) is 36.8 Å². The Kier molecular flexibility index (Phi) is 4.77. The van der Waals surface area contributed by atoms with Crippen molar-refractivity contribution in [1.82, 2.24) is 0 Å². The molecule has 0 aliphatic heterocycles. The van der Waals surface area contributed by atoms with Crippen molar-refractivity contribution in [3.8, 4) is 0 Å². The van der Waals surface area contributed by atoms with Gasteiger partial charge in [0.05, 0.1) is 10.7 Å². The first kappa shape index (κ1) is 11.3. The minimum atomic E-state index is 0.723. The summed E-state index contributed by atoms with van der Waals surface area (Å²) < 4.78 is 0. The molecule has 1 rings (SSSR count). The highest BCUT2D eigenvalue weighted by Gasteiger charge is 2.06. The second-order valence-corrected chi connectivity index (χ2v) is 3.58. The Bertz CT molecular complexity index is 276. The van der Waals surface area contributed by atoms with Gasteiger partial charge in [-0.05, 0) is 32.0 Å². The molecular formula is C11H17ClN2. The fourth-order valence-corrected chi connectivity index (χ4v) is 1.69. The lowest BCUT2D eigenvalue weighted by Crippen LogP contribution is -2.25. The highest BCUT2D eigenvalue weighted by Crippen LogP contribution is 2.24. The normalized spacial score (nSPS) is 10.2. The highest BCUT2D eigenvalue weighted by molar-refractivity contribution is 6.33. The average molecular weight is 213 g/mol. The number of halogens is 1. The molecule has 1 aromatic rings. The number of benzene rings is 1. The zero-order valence-electron chi connectivity index (χ0n) is 8.54. The summed E-state index contributed by atoms with van der Waals surface area (Å²) in [6, 6.07) is 7.92. The van der Waals surface area contributed by atoms with Crippen LogP contribution in [0.25, 0.3) is 0 Å². The molecule has 2 nitrogen and oxygen atoms in total. The van der Waals surface area contributed by atoms with Crippen molar-refractivity contribution < 1.29 is 0 Å². The van der Waals surface area contributed by atoms with E-state index >= 15 is 0 Å². The van der Waals surface area contributed by atoms with Gasteiger partial charge in [-0.2, -0.15) is 0 Å². The Labute approximate surface area is 90.7 Å². The lowest BCUT2D eigenvalue weighted by molar-refractivity contribution is 0.754. The Balaban J connectivity index is 2.73. The van der Waals surface area contributed by atoms with Crippen LogP contribution in [0.3, 0.4) is 0 Å². The molecule has 0 saturated carbocycles. The third kappa shape index (κ3) is 2.89. The van der Waals surface area contributed by atoms with E-state index in [-0.39, 0.29) is 0 Å². The maximum Gasteiger partial charge on any atom is 0.0639 e. The van der Waals surface area contributed by atoms with Crippen molar-refractivity contribution in [1.29, 1.82) is 0 Å². The van der Waals surface area contributed by atoms with Gasteiger partial charge in [0.25, 0.3) is 0 Å². The molecule has 0 atom stereocenters. The fraction of sp³-hybridized carbons (Fsp3) is 0.455. The predicted molar refractivity (Wildman–Crippen MR) is 63.0 cm³/mol. The number of rotatable bonds is 5. The van der Waals surface area contributed by atoms with Gasteiger partial charge in [-0.1, -0.05) is 23.7 Å². The molecule has 0 aliphatic rings. The number of nitrogens with two attached hydrogens (primary N) is 1. The molecule has 14 heavy (non-hydrogen) atoms. The lowest BCUT2D eigenvalue weighted by atomic mass is 10.2. The molecule has 0 unspecified atom stereocenters. The molecule has 2 N–H and O–H groups in total. The first-order valence-electron chi connectivity index (χ1n) is 4.99. The molecule has 0 fully saturated rings. The van der Waals surface area contributed by atoms with Crippen molar-refractivity contribution >= 4 is 17.3 Å². The quantitative estimate of drug-likeness (QED) is 0.813. The van der Waals surface area contributed by atoms with Crippen LogP contribution in [0.2, 0.25) is 5.02 Å². The second-order valence-electron chi connectivity index (χ2n) is 3.17. The number of nitrogens with zero attached hydrogens (tertiary/aromatic N) is 1. The van der Waals surface area contributed by atoms with Crippen LogP contribution in [0.15, 0.2) is 24.3 Å². The molecular weight excluding hydrogens is 196 g/mol. The molecule has 0 radical (unpaired) electrons. The van der Waals surface area contributed by atoms with Gasteiger partial charge in [0.2, 0.25) is 0 Å². The van der Waals surface area contributed by atoms with E-state index in [1.807, 2.05) is 24.3 Å². The fourth-order valence-electron chi connectivity index (χ4n) is 1.44. The van der Waals surface area contributed by atoms with E-state index < -0.39 is 0 Å². The summed E-state index contributed by atoms with van der Waals surface area (Å²) in [6.45, 7) is 4.78. The minimum absolute atomic E-state index is 0.723. The summed E-state index contributed by atoms with van der Waals surface area (Å²) in [7, 11) is 0. The molecule has 0 aromatic heterocycles. The van der Waals surface area contributed by atoms with Crippen molar-refractivity contribution in [2.75, 3.05) is 24.5 Å². The second kappa shape index (κ2) is 5.89. The smallest absolute Gasteiger partial charge is 0.0639 e. The standard InChI is InChI=1S/C11H17ClN2/c1-2-14(9-5-8-13)11-7-4-3-6-10(11)12/h3-4,6-7H,2,5,8-9,13H2,1H3. The van der Waals surface area contributed by atoms with Gasteiger partial charge in [-0.3, -0.25) is 0 Å². The Morgan fingerprint density at radius 3 is 2.64 bits per heavy atom. The van der Waals surface area contributed by atoms with Gasteiger partial charge in [0.15, 0.2) is 0 Å². The van der Waals surface area contributed by atoms with Crippen LogP contribution in [0, 0.1) is 0 Å². The van der Waals surface area contributed by atoms with Crippen LogP contribution in [0.5, 0.6) is 0 Å². The summed E-state index contributed by atoms with van der Waals surface area (Å²) in [5, 5.41) is 0.811. The van der Waals surface area contributed by atoms with Gasteiger partial charge in [0, 0.05) is 13.1 Å². The maximum absolute atomic E-state index is 6.10. The van der Waals surface area contributed by atoms with Gasteiger partial charge in [-0.15, -0.1) is 0 Å². The summed E-state index contributed by atoms with van der Waals surface area (Å²) in [4.78, 5) is 2.25. The summed E-state index contributed by atoms with van der Waals surface area (Å²) in [6.07, 6.45) is 0.999. The number of hydrogen-bond donors (Lipinski definition) is 1. The van der Waals surface area contributed by atoms with Crippen LogP contribution in [0.1, 0.15) is 13.3 Å². The highest BCUT2D eigenvalue weighted by atomic mass is 35.5. The Hall–Kier alpha value is -0.730. The third-order valence-corrected chi connectivity index (χ3v) is 2.53. The number of para-hydroxylation sites is 1. The zero-order valence-corrected chi connectivity index (χ0v) is 9.30. The number of anilines is 1. The molecule has 0 saturated heterocycles. The van der Waals surface area contributed by atoms with Crippen LogP contribution in [-0.2, 0) is 0 Å². The monoisotopic (exact) mass is 212 g/mol.